The summed E-state index contributed by atoms with van der Waals surface area (Å²) in [6.07, 6.45) is 2.76. The second-order valence-electron chi connectivity index (χ2n) is 4.12. The highest BCUT2D eigenvalue weighted by atomic mass is 28.3. The maximum Gasteiger partial charge on any atom is 0.0442 e. The van der Waals surface area contributed by atoms with Gasteiger partial charge in [-0.25, -0.2) is 0 Å². The van der Waals surface area contributed by atoms with Gasteiger partial charge in [-0.2, -0.15) is 0 Å². The normalized spacial score (nSPS) is 12.0. The number of unbranched alkanes of at least 4 members (excludes halogenated alkanes) is 1. The molecule has 0 rings (SSSR count). The lowest BCUT2D eigenvalue weighted by atomic mass is 10.3. The highest BCUT2D eigenvalue weighted by molar-refractivity contribution is 6.76. The summed E-state index contributed by atoms with van der Waals surface area (Å²) in [5, 5.41) is 3.17. The Balaban J connectivity index is 3.04. The molecule has 0 aliphatic heterocycles. The Morgan fingerprint density at radius 3 is 2.10 bits per heavy atom. The molecular weight excluding hydrogens is 138 g/mol. The molecule has 0 aromatic rings. The van der Waals surface area contributed by atoms with E-state index in [1.54, 1.807) is 0 Å². The van der Waals surface area contributed by atoms with Gasteiger partial charge in [-0.15, -0.1) is 0 Å². The molecular formula is C8H21NSi. The zero-order valence-corrected chi connectivity index (χ0v) is 8.83. The van der Waals surface area contributed by atoms with Crippen molar-refractivity contribution in [1.29, 1.82) is 0 Å². The molecule has 0 spiro atoms. The fourth-order valence-electron chi connectivity index (χ4n) is 0.957. The third-order valence-corrected chi connectivity index (χ3v) is 3.46. The maximum absolute atomic E-state index is 3.17. The van der Waals surface area contributed by atoms with Crippen molar-refractivity contribution >= 4 is 8.07 Å². The number of hydrogen-bond donors (Lipinski definition) is 1. The summed E-state index contributed by atoms with van der Waals surface area (Å²) in [5.41, 5.74) is 0. The van der Waals surface area contributed by atoms with E-state index >= 15 is 0 Å². The van der Waals surface area contributed by atoms with Crippen LogP contribution < -0.4 is 5.32 Å². The topological polar surface area (TPSA) is 12.0 Å². The van der Waals surface area contributed by atoms with Crippen LogP contribution in [0.15, 0.2) is 0 Å². The molecule has 0 saturated heterocycles. The quantitative estimate of drug-likeness (QED) is 0.479. The van der Waals surface area contributed by atoms with Crippen LogP contribution in [0, 0.1) is 0 Å². The van der Waals surface area contributed by atoms with Crippen LogP contribution in [0.25, 0.3) is 0 Å². The van der Waals surface area contributed by atoms with Gasteiger partial charge < -0.3 is 5.32 Å². The van der Waals surface area contributed by atoms with E-state index in [4.69, 9.17) is 0 Å². The fourth-order valence-corrected chi connectivity index (χ4v) is 2.27. The molecule has 1 nitrogen and oxygen atoms in total. The van der Waals surface area contributed by atoms with Gasteiger partial charge in [0.25, 0.3) is 0 Å². The monoisotopic (exact) mass is 159 g/mol. The molecule has 0 aromatic carbocycles. The van der Waals surface area contributed by atoms with E-state index in [9.17, 15) is 0 Å². The molecule has 0 bridgehead atoms. The summed E-state index contributed by atoms with van der Waals surface area (Å²) < 4.78 is 0. The highest BCUT2D eigenvalue weighted by Gasteiger charge is 2.10. The Morgan fingerprint density at radius 1 is 1.10 bits per heavy atom. The van der Waals surface area contributed by atoms with Gasteiger partial charge in [-0.05, 0) is 20.0 Å². The van der Waals surface area contributed by atoms with E-state index in [0.29, 0.717) is 0 Å². The van der Waals surface area contributed by atoms with E-state index < -0.39 is 8.07 Å². The molecule has 0 aromatic heterocycles. The molecule has 1 N–H and O–H groups in total. The molecule has 2 heteroatoms. The zero-order chi connectivity index (χ0) is 8.04. The summed E-state index contributed by atoms with van der Waals surface area (Å²) in [6, 6.07) is 1.48. The molecule has 0 amide bonds. The van der Waals surface area contributed by atoms with E-state index in [2.05, 4.69) is 25.0 Å². The second-order valence-corrected chi connectivity index (χ2v) is 9.74. The van der Waals surface area contributed by atoms with E-state index in [1.165, 1.54) is 25.4 Å². The van der Waals surface area contributed by atoms with Gasteiger partial charge >= 0.3 is 0 Å². The van der Waals surface area contributed by atoms with E-state index in [0.717, 1.165) is 0 Å². The van der Waals surface area contributed by atoms with Gasteiger partial charge in [0.2, 0.25) is 0 Å². The molecule has 0 atom stereocenters. The summed E-state index contributed by atoms with van der Waals surface area (Å²) in [5.74, 6) is 0. The van der Waals surface area contributed by atoms with Crippen molar-refractivity contribution < 1.29 is 0 Å². The van der Waals surface area contributed by atoms with Crippen molar-refractivity contribution in [2.75, 3.05) is 13.6 Å². The maximum atomic E-state index is 3.17. The number of nitrogens with one attached hydrogen (secondary N) is 1. The number of rotatable bonds is 5. The molecule has 0 aliphatic carbocycles. The van der Waals surface area contributed by atoms with Gasteiger partial charge in [-0.3, -0.25) is 0 Å². The minimum absolute atomic E-state index is 0.735. The van der Waals surface area contributed by atoms with Crippen molar-refractivity contribution in [3.63, 3.8) is 0 Å². The summed E-state index contributed by atoms with van der Waals surface area (Å²) in [7, 11) is 1.29. The van der Waals surface area contributed by atoms with Gasteiger partial charge in [0, 0.05) is 8.07 Å². The van der Waals surface area contributed by atoms with Crippen molar-refractivity contribution in [2.45, 2.75) is 38.5 Å². The third-order valence-electron chi connectivity index (χ3n) is 1.60. The molecule has 0 radical (unpaired) electrons. The van der Waals surface area contributed by atoms with E-state index in [1.807, 2.05) is 7.05 Å². The fraction of sp³-hybridized carbons (Fsp3) is 1.00. The third kappa shape index (κ3) is 8.18. The lowest BCUT2D eigenvalue weighted by Gasteiger charge is -2.14. The zero-order valence-electron chi connectivity index (χ0n) is 7.83. The standard InChI is InChI=1S/C8H21NSi/c1-9-7-5-6-8-10(2,3)4/h9H,5-8H2,1-4H3. The molecule has 10 heavy (non-hydrogen) atoms. The van der Waals surface area contributed by atoms with Crippen LogP contribution in [0.5, 0.6) is 0 Å². The molecule has 0 heterocycles. The summed E-state index contributed by atoms with van der Waals surface area (Å²) in [4.78, 5) is 0. The molecule has 0 unspecified atom stereocenters. The molecule has 0 aliphatic rings. The van der Waals surface area contributed by atoms with Gasteiger partial charge in [-0.1, -0.05) is 32.1 Å². The van der Waals surface area contributed by atoms with Gasteiger partial charge in [0.15, 0.2) is 0 Å². The first-order valence-corrected chi connectivity index (χ1v) is 7.91. The van der Waals surface area contributed by atoms with Crippen molar-refractivity contribution in [2.24, 2.45) is 0 Å². The SMILES string of the molecule is CNCCCC[Si](C)(C)C. The second kappa shape index (κ2) is 4.91. The minimum atomic E-state index is -0.735. The minimum Gasteiger partial charge on any atom is -0.320 e. The van der Waals surface area contributed by atoms with Gasteiger partial charge in [0.05, 0.1) is 0 Å². The smallest absolute Gasteiger partial charge is 0.0442 e. The summed E-state index contributed by atoms with van der Waals surface area (Å²) in [6.45, 7) is 8.50. The Morgan fingerprint density at radius 2 is 1.70 bits per heavy atom. The van der Waals surface area contributed by atoms with Crippen LogP contribution in [0.2, 0.25) is 25.7 Å². The van der Waals surface area contributed by atoms with Crippen LogP contribution in [0.1, 0.15) is 12.8 Å². The molecule has 0 saturated carbocycles. The Labute approximate surface area is 66.2 Å². The van der Waals surface area contributed by atoms with Crippen molar-refractivity contribution in [1.82, 2.24) is 5.32 Å². The van der Waals surface area contributed by atoms with Crippen LogP contribution in [0.3, 0.4) is 0 Å². The lowest BCUT2D eigenvalue weighted by molar-refractivity contribution is 0.706. The van der Waals surface area contributed by atoms with Crippen LogP contribution >= 0.6 is 0 Å². The first-order valence-electron chi connectivity index (χ1n) is 4.21. The predicted octanol–water partition coefficient (Wildman–Crippen LogP) is 2.32. The Hall–Kier alpha value is 0.177. The highest BCUT2D eigenvalue weighted by Crippen LogP contribution is 2.11. The average Bonchev–Trinajstić information content (AvgIpc) is 1.78. The molecule has 62 valence electrons. The van der Waals surface area contributed by atoms with Gasteiger partial charge in [0.1, 0.15) is 0 Å². The largest absolute Gasteiger partial charge is 0.320 e. The number of hydrogen-bond acceptors (Lipinski definition) is 1. The average molecular weight is 159 g/mol. The van der Waals surface area contributed by atoms with Crippen molar-refractivity contribution in [3.05, 3.63) is 0 Å². The summed E-state index contributed by atoms with van der Waals surface area (Å²) >= 11 is 0. The van der Waals surface area contributed by atoms with Crippen LogP contribution in [-0.4, -0.2) is 21.7 Å². The Bertz CT molecular complexity index is 75.8. The van der Waals surface area contributed by atoms with Crippen LogP contribution in [-0.2, 0) is 0 Å². The van der Waals surface area contributed by atoms with Crippen LogP contribution in [0.4, 0.5) is 0 Å². The predicted molar refractivity (Wildman–Crippen MR) is 51.3 cm³/mol. The first-order chi connectivity index (χ1) is 4.56. The van der Waals surface area contributed by atoms with Crippen molar-refractivity contribution in [3.8, 4) is 0 Å². The lowest BCUT2D eigenvalue weighted by Crippen LogP contribution is -2.19. The first kappa shape index (κ1) is 10.2. The Kier molecular flexibility index (Phi) is 5.00. The molecule has 0 fully saturated rings. The van der Waals surface area contributed by atoms with E-state index in [-0.39, 0.29) is 0 Å².